The number of hydrogen-bond donors (Lipinski definition) is 3. The van der Waals surface area contributed by atoms with Crippen LogP contribution in [0.1, 0.15) is 24.3 Å². The van der Waals surface area contributed by atoms with Gasteiger partial charge < -0.3 is 5.32 Å². The van der Waals surface area contributed by atoms with Crippen molar-refractivity contribution in [2.24, 2.45) is 0 Å². The molecular weight excluding hydrogens is 306 g/mol. The van der Waals surface area contributed by atoms with Crippen LogP contribution in [-0.2, 0) is 0 Å². The summed E-state index contributed by atoms with van der Waals surface area (Å²) in [5, 5.41) is 3.89. The summed E-state index contributed by atoms with van der Waals surface area (Å²) >= 11 is 12.2. The number of halogens is 1. The minimum Gasteiger partial charge on any atom is -0.359 e. The van der Waals surface area contributed by atoms with Gasteiger partial charge in [0, 0.05) is 6.04 Å². The molecule has 1 aromatic heterocycles. The normalized spacial score (nSPS) is 10.2. The summed E-state index contributed by atoms with van der Waals surface area (Å²) < 4.78 is 0. The molecule has 0 aliphatic rings. The summed E-state index contributed by atoms with van der Waals surface area (Å²) in [5.41, 5.74) is 5.09. The van der Waals surface area contributed by atoms with Gasteiger partial charge in [0.1, 0.15) is 0 Å². The molecule has 104 valence electrons. The summed E-state index contributed by atoms with van der Waals surface area (Å²) in [6.45, 7) is 3.86. The van der Waals surface area contributed by atoms with Crippen molar-refractivity contribution in [2.75, 3.05) is 6.26 Å². The van der Waals surface area contributed by atoms with Crippen molar-refractivity contribution >= 4 is 46.6 Å². The zero-order valence-electron chi connectivity index (χ0n) is 10.7. The lowest BCUT2D eigenvalue weighted by atomic mass is 10.4. The van der Waals surface area contributed by atoms with Gasteiger partial charge in [-0.15, -0.1) is 0 Å². The molecular formula is C10H14ClN5OS2. The van der Waals surface area contributed by atoms with Gasteiger partial charge in [-0.1, -0.05) is 23.4 Å². The van der Waals surface area contributed by atoms with Gasteiger partial charge in [0.2, 0.25) is 0 Å². The first-order valence-corrected chi connectivity index (χ1v) is 7.38. The Bertz CT molecular complexity index is 483. The number of rotatable bonds is 3. The predicted octanol–water partition coefficient (Wildman–Crippen LogP) is 1.37. The molecule has 0 saturated heterocycles. The van der Waals surface area contributed by atoms with Gasteiger partial charge in [-0.3, -0.25) is 15.6 Å². The van der Waals surface area contributed by atoms with Gasteiger partial charge in [-0.2, -0.15) is 0 Å². The van der Waals surface area contributed by atoms with Crippen LogP contribution in [0, 0.1) is 0 Å². The monoisotopic (exact) mass is 319 g/mol. The Morgan fingerprint density at radius 1 is 1.47 bits per heavy atom. The van der Waals surface area contributed by atoms with Crippen molar-refractivity contribution in [3.05, 3.63) is 16.9 Å². The van der Waals surface area contributed by atoms with Crippen molar-refractivity contribution in [1.29, 1.82) is 0 Å². The number of nitrogens with one attached hydrogen (secondary N) is 3. The van der Waals surface area contributed by atoms with Crippen molar-refractivity contribution in [1.82, 2.24) is 26.1 Å². The van der Waals surface area contributed by atoms with Crippen LogP contribution < -0.4 is 16.2 Å². The number of aromatic nitrogens is 2. The number of carbonyl (C=O) groups excluding carboxylic acids is 1. The van der Waals surface area contributed by atoms with Crippen LogP contribution in [0.2, 0.25) is 5.02 Å². The predicted molar refractivity (Wildman–Crippen MR) is 80.3 cm³/mol. The number of carbonyl (C=O) groups is 1. The molecule has 0 radical (unpaired) electrons. The molecule has 0 aromatic carbocycles. The zero-order valence-corrected chi connectivity index (χ0v) is 13.0. The zero-order chi connectivity index (χ0) is 14.4. The number of nitrogens with zero attached hydrogens (tertiary/aromatic N) is 2. The third kappa shape index (κ3) is 5.17. The number of hydrazine groups is 1. The minimum absolute atomic E-state index is 0.0980. The third-order valence-corrected chi connectivity index (χ3v) is 2.89. The summed E-state index contributed by atoms with van der Waals surface area (Å²) in [4.78, 5) is 19.9. The molecule has 1 heterocycles. The largest absolute Gasteiger partial charge is 0.359 e. The molecule has 3 N–H and O–H groups in total. The van der Waals surface area contributed by atoms with E-state index >= 15 is 0 Å². The van der Waals surface area contributed by atoms with E-state index in [1.165, 1.54) is 18.0 Å². The number of thioether (sulfide) groups is 1. The van der Waals surface area contributed by atoms with Crippen molar-refractivity contribution in [3.8, 4) is 0 Å². The molecule has 0 saturated carbocycles. The van der Waals surface area contributed by atoms with E-state index in [4.69, 9.17) is 23.8 Å². The summed E-state index contributed by atoms with van der Waals surface area (Å²) in [6, 6.07) is 0.169. The Hall–Kier alpha value is -1.12. The van der Waals surface area contributed by atoms with Crippen molar-refractivity contribution in [3.63, 3.8) is 0 Å². The van der Waals surface area contributed by atoms with E-state index in [-0.39, 0.29) is 16.8 Å². The fourth-order valence-corrected chi connectivity index (χ4v) is 1.88. The summed E-state index contributed by atoms with van der Waals surface area (Å²) in [5.74, 6) is -0.476. The second-order valence-electron chi connectivity index (χ2n) is 3.76. The lowest BCUT2D eigenvalue weighted by Gasteiger charge is -2.13. The first-order chi connectivity index (χ1) is 8.93. The van der Waals surface area contributed by atoms with E-state index in [9.17, 15) is 4.79 Å². The van der Waals surface area contributed by atoms with Crippen LogP contribution in [0.3, 0.4) is 0 Å². The molecule has 1 rings (SSSR count). The smallest absolute Gasteiger partial charge is 0.289 e. The van der Waals surface area contributed by atoms with Crippen LogP contribution in [-0.4, -0.2) is 33.3 Å². The summed E-state index contributed by atoms with van der Waals surface area (Å²) in [7, 11) is 0. The third-order valence-electron chi connectivity index (χ3n) is 1.83. The van der Waals surface area contributed by atoms with E-state index in [0.717, 1.165) is 0 Å². The number of amides is 1. The maximum atomic E-state index is 11.9. The molecule has 1 aromatic rings. The van der Waals surface area contributed by atoms with Gasteiger partial charge in [0.05, 0.1) is 11.2 Å². The highest BCUT2D eigenvalue weighted by atomic mass is 35.5. The lowest BCUT2D eigenvalue weighted by Crippen LogP contribution is -2.48. The second kappa shape index (κ2) is 7.46. The van der Waals surface area contributed by atoms with Crippen LogP contribution in [0.15, 0.2) is 11.4 Å². The fourth-order valence-electron chi connectivity index (χ4n) is 1.08. The maximum absolute atomic E-state index is 11.9. The fraction of sp³-hybridized carbons (Fsp3) is 0.400. The molecule has 1 amide bonds. The Labute approximate surface area is 126 Å². The molecule has 0 aliphatic heterocycles. The number of hydrogen-bond acceptors (Lipinski definition) is 5. The highest BCUT2D eigenvalue weighted by Crippen LogP contribution is 2.15. The van der Waals surface area contributed by atoms with Crippen LogP contribution in [0.5, 0.6) is 0 Å². The topological polar surface area (TPSA) is 78.9 Å². The average Bonchev–Trinajstić information content (AvgIpc) is 2.35. The molecule has 6 nitrogen and oxygen atoms in total. The Kier molecular flexibility index (Phi) is 6.26. The standard InChI is InChI=1S/C10H14ClN5OS2/c1-5(2)13-9(18)16-15-8(17)7-6(11)4-12-10(14-7)19-3/h4-5H,1-3H3,(H,15,17)(H2,13,16,18). The van der Waals surface area contributed by atoms with E-state index in [1.54, 1.807) is 0 Å². The molecule has 0 bridgehead atoms. The molecule has 9 heteroatoms. The molecule has 19 heavy (non-hydrogen) atoms. The minimum atomic E-state index is -0.476. The number of thiocarbonyl (C=S) groups is 1. The molecule has 0 atom stereocenters. The lowest BCUT2D eigenvalue weighted by molar-refractivity contribution is 0.0937. The van der Waals surface area contributed by atoms with Gasteiger partial charge in [-0.25, -0.2) is 9.97 Å². The van der Waals surface area contributed by atoms with Gasteiger partial charge >= 0.3 is 0 Å². The van der Waals surface area contributed by atoms with E-state index < -0.39 is 5.91 Å². The van der Waals surface area contributed by atoms with Gasteiger partial charge in [0.25, 0.3) is 5.91 Å². The van der Waals surface area contributed by atoms with E-state index in [1.807, 2.05) is 20.1 Å². The van der Waals surface area contributed by atoms with Gasteiger partial charge in [0.15, 0.2) is 16.0 Å². The molecule has 0 aliphatic carbocycles. The quantitative estimate of drug-likeness (QED) is 0.336. The Morgan fingerprint density at radius 3 is 2.74 bits per heavy atom. The van der Waals surface area contributed by atoms with Crippen LogP contribution >= 0.6 is 35.6 Å². The average molecular weight is 320 g/mol. The Morgan fingerprint density at radius 2 is 2.16 bits per heavy atom. The molecule has 0 spiro atoms. The van der Waals surface area contributed by atoms with E-state index in [2.05, 4.69) is 26.1 Å². The Balaban J connectivity index is 2.65. The highest BCUT2D eigenvalue weighted by Gasteiger charge is 2.14. The van der Waals surface area contributed by atoms with Crippen LogP contribution in [0.25, 0.3) is 0 Å². The molecule has 0 fully saturated rings. The SMILES string of the molecule is CSc1ncc(Cl)c(C(=O)NNC(=S)NC(C)C)n1. The van der Waals surface area contributed by atoms with Crippen LogP contribution in [0.4, 0.5) is 0 Å². The second-order valence-corrected chi connectivity index (χ2v) is 5.35. The van der Waals surface area contributed by atoms with E-state index in [0.29, 0.717) is 10.3 Å². The van der Waals surface area contributed by atoms with Crippen molar-refractivity contribution < 1.29 is 4.79 Å². The first kappa shape index (κ1) is 15.9. The summed E-state index contributed by atoms with van der Waals surface area (Å²) in [6.07, 6.45) is 3.20. The highest BCUT2D eigenvalue weighted by molar-refractivity contribution is 7.98. The molecule has 0 unspecified atom stereocenters. The maximum Gasteiger partial charge on any atom is 0.289 e. The first-order valence-electron chi connectivity index (χ1n) is 5.37. The van der Waals surface area contributed by atoms with Gasteiger partial charge in [-0.05, 0) is 32.3 Å². The van der Waals surface area contributed by atoms with Crippen molar-refractivity contribution in [2.45, 2.75) is 25.0 Å².